The molecule has 0 atom stereocenters. The second kappa shape index (κ2) is 9.52. The van der Waals surface area contributed by atoms with Crippen molar-refractivity contribution in [3.8, 4) is 5.69 Å². The van der Waals surface area contributed by atoms with E-state index in [0.717, 1.165) is 16.4 Å². The topological polar surface area (TPSA) is 105 Å². The van der Waals surface area contributed by atoms with Gasteiger partial charge in [-0.25, -0.2) is 21.5 Å². The summed E-state index contributed by atoms with van der Waals surface area (Å²) >= 11 is 0. The third-order valence-corrected chi connectivity index (χ3v) is 7.42. The Morgan fingerprint density at radius 2 is 1.68 bits per heavy atom. The maximum atomic E-state index is 13.6. The molecule has 1 aliphatic heterocycles. The molecular formula is C21H23F2N7O3S. The molecule has 1 aromatic heterocycles. The second-order valence-electron chi connectivity index (χ2n) is 7.99. The molecule has 0 radical (unpaired) electrons. The van der Waals surface area contributed by atoms with E-state index in [-0.39, 0.29) is 10.8 Å². The van der Waals surface area contributed by atoms with Crippen LogP contribution in [0.5, 0.6) is 0 Å². The number of hydrogen-bond acceptors (Lipinski definition) is 7. The molecule has 13 heteroatoms. The summed E-state index contributed by atoms with van der Waals surface area (Å²) in [6.07, 6.45) is 0. The van der Waals surface area contributed by atoms with Gasteiger partial charge in [-0.1, -0.05) is 0 Å². The predicted octanol–water partition coefficient (Wildman–Crippen LogP) is 1.15. The van der Waals surface area contributed by atoms with Gasteiger partial charge in [0, 0.05) is 51.9 Å². The third-order valence-electron chi connectivity index (χ3n) is 5.59. The Bertz CT molecular complexity index is 1290. The Morgan fingerprint density at radius 3 is 2.29 bits per heavy atom. The van der Waals surface area contributed by atoms with Gasteiger partial charge < -0.3 is 4.90 Å². The summed E-state index contributed by atoms with van der Waals surface area (Å²) in [5.41, 5.74) is 0.723. The SMILES string of the molecule is CN(C)S(=O)(=O)c1ccc(C(=O)N2CCN(Cc3nnnn3-c3ccc(F)c(F)c3)CC2)cc1. The minimum atomic E-state index is -3.56. The van der Waals surface area contributed by atoms with E-state index < -0.39 is 21.7 Å². The van der Waals surface area contributed by atoms with Gasteiger partial charge in [0.25, 0.3) is 5.91 Å². The maximum Gasteiger partial charge on any atom is 0.253 e. The molecule has 34 heavy (non-hydrogen) atoms. The van der Waals surface area contributed by atoms with Gasteiger partial charge in [0.15, 0.2) is 17.5 Å². The molecule has 2 heterocycles. The molecular weight excluding hydrogens is 468 g/mol. The van der Waals surface area contributed by atoms with Crippen LogP contribution >= 0.6 is 0 Å². The molecule has 0 bridgehead atoms. The number of piperazine rings is 1. The van der Waals surface area contributed by atoms with Crippen molar-refractivity contribution in [3.63, 3.8) is 0 Å². The number of sulfonamides is 1. The molecule has 1 amide bonds. The number of hydrogen-bond donors (Lipinski definition) is 0. The lowest BCUT2D eigenvalue weighted by atomic mass is 10.2. The number of carbonyl (C=O) groups is 1. The van der Waals surface area contributed by atoms with Gasteiger partial charge in [0.1, 0.15) is 0 Å². The van der Waals surface area contributed by atoms with Crippen molar-refractivity contribution in [2.24, 2.45) is 0 Å². The molecule has 2 aromatic carbocycles. The van der Waals surface area contributed by atoms with Crippen LogP contribution in [0.4, 0.5) is 8.78 Å². The first-order valence-corrected chi connectivity index (χ1v) is 11.9. The minimum Gasteiger partial charge on any atom is -0.336 e. The first-order chi connectivity index (χ1) is 16.2. The lowest BCUT2D eigenvalue weighted by Crippen LogP contribution is -2.48. The Labute approximate surface area is 195 Å². The Hall–Kier alpha value is -3.29. The van der Waals surface area contributed by atoms with E-state index in [0.29, 0.717) is 49.8 Å². The van der Waals surface area contributed by atoms with Crippen molar-refractivity contribution in [1.82, 2.24) is 34.3 Å². The Kier molecular flexibility index (Phi) is 6.68. The fraction of sp³-hybridized carbons (Fsp3) is 0.333. The normalized spacial score (nSPS) is 15.1. The molecule has 10 nitrogen and oxygen atoms in total. The average Bonchev–Trinajstić information content (AvgIpc) is 3.29. The molecule has 1 aliphatic rings. The fourth-order valence-corrected chi connectivity index (χ4v) is 4.50. The van der Waals surface area contributed by atoms with E-state index in [1.54, 1.807) is 4.90 Å². The van der Waals surface area contributed by atoms with Crippen LogP contribution in [0, 0.1) is 11.6 Å². The van der Waals surface area contributed by atoms with Gasteiger partial charge in [-0.3, -0.25) is 9.69 Å². The Morgan fingerprint density at radius 1 is 1.00 bits per heavy atom. The molecule has 180 valence electrons. The highest BCUT2D eigenvalue weighted by Gasteiger charge is 2.25. The molecule has 1 fully saturated rings. The first-order valence-electron chi connectivity index (χ1n) is 10.4. The van der Waals surface area contributed by atoms with Gasteiger partial charge in [-0.2, -0.15) is 4.68 Å². The highest BCUT2D eigenvalue weighted by atomic mass is 32.2. The molecule has 0 aliphatic carbocycles. The molecule has 0 N–H and O–H groups in total. The number of benzene rings is 2. The zero-order valence-corrected chi connectivity index (χ0v) is 19.4. The van der Waals surface area contributed by atoms with Crippen LogP contribution in [-0.4, -0.2) is 88.9 Å². The number of halogens is 2. The standard InChI is InChI=1S/C21H23F2N7O3S/c1-27(2)34(32,33)17-6-3-15(4-7-17)21(31)29-11-9-28(10-12-29)14-20-24-25-26-30(20)16-5-8-18(22)19(23)13-16/h3-8,13H,9-12,14H2,1-2H3. The summed E-state index contributed by atoms with van der Waals surface area (Å²) in [6, 6.07) is 9.32. The van der Waals surface area contributed by atoms with Gasteiger partial charge in [-0.05, 0) is 46.8 Å². The van der Waals surface area contributed by atoms with Crippen LogP contribution in [0.1, 0.15) is 16.2 Å². The maximum absolute atomic E-state index is 13.6. The quantitative estimate of drug-likeness (QED) is 0.509. The summed E-state index contributed by atoms with van der Waals surface area (Å²) in [4.78, 5) is 16.7. The van der Waals surface area contributed by atoms with Crippen LogP contribution in [0.25, 0.3) is 5.69 Å². The largest absolute Gasteiger partial charge is 0.336 e. The van der Waals surface area contributed by atoms with Crippen LogP contribution in [0.2, 0.25) is 0 Å². The van der Waals surface area contributed by atoms with Crippen molar-refractivity contribution >= 4 is 15.9 Å². The smallest absolute Gasteiger partial charge is 0.253 e. The molecule has 3 aromatic rings. The van der Waals surface area contributed by atoms with Gasteiger partial charge >= 0.3 is 0 Å². The number of tetrazole rings is 1. The number of amides is 1. The summed E-state index contributed by atoms with van der Waals surface area (Å²) < 4.78 is 53.7. The lowest BCUT2D eigenvalue weighted by Gasteiger charge is -2.34. The molecule has 0 saturated carbocycles. The van der Waals surface area contributed by atoms with E-state index in [1.165, 1.54) is 49.1 Å². The van der Waals surface area contributed by atoms with E-state index in [1.807, 2.05) is 0 Å². The van der Waals surface area contributed by atoms with Crippen LogP contribution < -0.4 is 0 Å². The molecule has 1 saturated heterocycles. The summed E-state index contributed by atoms with van der Waals surface area (Å²) in [5.74, 6) is -1.66. The highest BCUT2D eigenvalue weighted by Crippen LogP contribution is 2.17. The van der Waals surface area contributed by atoms with E-state index in [2.05, 4.69) is 20.4 Å². The van der Waals surface area contributed by atoms with Crippen molar-refractivity contribution in [2.75, 3.05) is 40.3 Å². The van der Waals surface area contributed by atoms with Crippen LogP contribution in [-0.2, 0) is 16.6 Å². The van der Waals surface area contributed by atoms with Crippen molar-refractivity contribution < 1.29 is 22.0 Å². The fourth-order valence-electron chi connectivity index (χ4n) is 3.59. The minimum absolute atomic E-state index is 0.123. The predicted molar refractivity (Wildman–Crippen MR) is 118 cm³/mol. The molecule has 0 spiro atoms. The highest BCUT2D eigenvalue weighted by molar-refractivity contribution is 7.89. The van der Waals surface area contributed by atoms with E-state index >= 15 is 0 Å². The van der Waals surface area contributed by atoms with Gasteiger partial charge in [0.2, 0.25) is 10.0 Å². The molecule has 4 rings (SSSR count). The van der Waals surface area contributed by atoms with Gasteiger partial charge in [0.05, 0.1) is 17.1 Å². The zero-order chi connectivity index (χ0) is 24.5. The van der Waals surface area contributed by atoms with Gasteiger partial charge in [-0.15, -0.1) is 5.10 Å². The Balaban J connectivity index is 1.37. The van der Waals surface area contributed by atoms with E-state index in [9.17, 15) is 22.0 Å². The number of aromatic nitrogens is 4. The molecule has 0 unspecified atom stereocenters. The summed E-state index contributed by atoms with van der Waals surface area (Å²) in [7, 11) is -0.663. The average molecular weight is 492 g/mol. The van der Waals surface area contributed by atoms with Crippen molar-refractivity contribution in [3.05, 3.63) is 65.5 Å². The number of carbonyl (C=O) groups excluding carboxylic acids is 1. The number of nitrogens with zero attached hydrogens (tertiary/aromatic N) is 7. The third kappa shape index (κ3) is 4.81. The lowest BCUT2D eigenvalue weighted by molar-refractivity contribution is 0.0624. The zero-order valence-electron chi connectivity index (χ0n) is 18.6. The van der Waals surface area contributed by atoms with Crippen molar-refractivity contribution in [2.45, 2.75) is 11.4 Å². The second-order valence-corrected chi connectivity index (χ2v) is 10.1. The summed E-state index contributed by atoms with van der Waals surface area (Å²) in [5, 5.41) is 11.5. The summed E-state index contributed by atoms with van der Waals surface area (Å²) in [6.45, 7) is 2.41. The van der Waals surface area contributed by atoms with Crippen LogP contribution in [0.15, 0.2) is 47.4 Å². The van der Waals surface area contributed by atoms with E-state index in [4.69, 9.17) is 0 Å². The monoisotopic (exact) mass is 491 g/mol. The first kappa shape index (κ1) is 23.9. The van der Waals surface area contributed by atoms with Crippen LogP contribution in [0.3, 0.4) is 0 Å². The van der Waals surface area contributed by atoms with Crippen molar-refractivity contribution in [1.29, 1.82) is 0 Å². The number of rotatable bonds is 6.